The number of carbonyl (C=O) groups excluding carboxylic acids is 1. The summed E-state index contributed by atoms with van der Waals surface area (Å²) in [7, 11) is 0. The first-order valence-electron chi connectivity index (χ1n) is 7.15. The van der Waals surface area contributed by atoms with Gasteiger partial charge in [-0.2, -0.15) is 11.8 Å². The number of thiazole rings is 1. The molecule has 4 N–H and O–H groups in total. The molecular formula is C14H24N4OS2. The largest absolute Gasteiger partial charge is 0.382 e. The van der Waals surface area contributed by atoms with E-state index in [1.807, 2.05) is 32.5 Å². The lowest BCUT2D eigenvalue weighted by atomic mass is 10.1. The Balaban J connectivity index is 1.99. The SMILES string of the molecule is CC(C)(C)Nc1nc(N)c(C(=O)NCC2(C)CCCS2)s1. The van der Waals surface area contributed by atoms with Crippen LogP contribution in [0.1, 0.15) is 50.2 Å². The number of anilines is 2. The van der Waals surface area contributed by atoms with Gasteiger partial charge in [-0.05, 0) is 46.3 Å². The van der Waals surface area contributed by atoms with E-state index < -0.39 is 0 Å². The molecule has 0 saturated carbocycles. The van der Waals surface area contributed by atoms with Gasteiger partial charge in [0.2, 0.25) is 0 Å². The Hall–Kier alpha value is -0.950. The number of thioether (sulfide) groups is 1. The zero-order valence-electron chi connectivity index (χ0n) is 13.1. The van der Waals surface area contributed by atoms with Crippen molar-refractivity contribution in [2.75, 3.05) is 23.3 Å². The summed E-state index contributed by atoms with van der Waals surface area (Å²) in [5.74, 6) is 1.35. The highest BCUT2D eigenvalue weighted by Gasteiger charge is 2.30. The van der Waals surface area contributed by atoms with Gasteiger partial charge in [-0.15, -0.1) is 0 Å². The Labute approximate surface area is 134 Å². The van der Waals surface area contributed by atoms with Crippen molar-refractivity contribution in [3.8, 4) is 0 Å². The maximum atomic E-state index is 12.3. The highest BCUT2D eigenvalue weighted by molar-refractivity contribution is 8.00. The van der Waals surface area contributed by atoms with Gasteiger partial charge in [-0.1, -0.05) is 11.3 Å². The fourth-order valence-corrected chi connectivity index (χ4v) is 4.45. The minimum absolute atomic E-state index is 0.105. The molecule has 1 fully saturated rings. The van der Waals surface area contributed by atoms with E-state index in [4.69, 9.17) is 5.73 Å². The molecule has 1 saturated heterocycles. The first-order chi connectivity index (χ1) is 9.69. The van der Waals surface area contributed by atoms with Crippen LogP contribution in [0.4, 0.5) is 10.9 Å². The fourth-order valence-electron chi connectivity index (χ4n) is 2.19. The van der Waals surface area contributed by atoms with Gasteiger partial charge in [0, 0.05) is 16.8 Å². The minimum Gasteiger partial charge on any atom is -0.382 e. The van der Waals surface area contributed by atoms with Crippen LogP contribution in [0.25, 0.3) is 0 Å². The van der Waals surface area contributed by atoms with Gasteiger partial charge in [0.15, 0.2) is 5.13 Å². The maximum absolute atomic E-state index is 12.3. The summed E-state index contributed by atoms with van der Waals surface area (Å²) in [6.07, 6.45) is 2.37. The van der Waals surface area contributed by atoms with Crippen molar-refractivity contribution in [3.63, 3.8) is 0 Å². The number of hydrogen-bond acceptors (Lipinski definition) is 6. The molecule has 1 aliphatic heterocycles. The van der Waals surface area contributed by atoms with Crippen LogP contribution in [-0.2, 0) is 0 Å². The highest BCUT2D eigenvalue weighted by Crippen LogP contribution is 2.37. The molecule has 21 heavy (non-hydrogen) atoms. The first kappa shape index (κ1) is 16.4. The van der Waals surface area contributed by atoms with Crippen LogP contribution in [-0.4, -0.2) is 33.5 Å². The fraction of sp³-hybridized carbons (Fsp3) is 0.714. The number of carbonyl (C=O) groups is 1. The number of nitrogens with two attached hydrogens (primary N) is 1. The summed E-state index contributed by atoms with van der Waals surface area (Å²) in [4.78, 5) is 17.0. The number of nitrogens with zero attached hydrogens (tertiary/aromatic N) is 1. The maximum Gasteiger partial charge on any atom is 0.265 e. The van der Waals surface area contributed by atoms with E-state index in [0.29, 0.717) is 22.4 Å². The lowest BCUT2D eigenvalue weighted by Gasteiger charge is -2.22. The summed E-state index contributed by atoms with van der Waals surface area (Å²) in [6, 6.07) is 0. The molecule has 2 heterocycles. The zero-order chi connectivity index (χ0) is 15.7. The standard InChI is InChI=1S/C14H24N4OS2/c1-13(2,3)18-12-17-10(15)9(21-12)11(19)16-8-14(4)6-5-7-20-14/h5-8,15H2,1-4H3,(H,16,19)(H,17,18). The lowest BCUT2D eigenvalue weighted by molar-refractivity contribution is 0.0954. The van der Waals surface area contributed by atoms with Crippen molar-refractivity contribution in [3.05, 3.63) is 4.88 Å². The molecule has 118 valence electrons. The molecule has 1 amide bonds. The molecule has 0 spiro atoms. The van der Waals surface area contributed by atoms with Gasteiger partial charge in [0.25, 0.3) is 5.91 Å². The third-order valence-electron chi connectivity index (χ3n) is 3.26. The Morgan fingerprint density at radius 3 is 2.76 bits per heavy atom. The number of nitrogens with one attached hydrogen (secondary N) is 2. The number of rotatable bonds is 4. The van der Waals surface area contributed by atoms with E-state index in [-0.39, 0.29) is 16.2 Å². The predicted molar refractivity (Wildman–Crippen MR) is 92.3 cm³/mol. The van der Waals surface area contributed by atoms with Crippen molar-refractivity contribution in [1.82, 2.24) is 10.3 Å². The molecule has 0 radical (unpaired) electrons. The second-order valence-corrected chi connectivity index (χ2v) is 9.37. The number of nitrogen functional groups attached to an aromatic ring is 1. The van der Waals surface area contributed by atoms with Gasteiger partial charge < -0.3 is 16.4 Å². The monoisotopic (exact) mass is 328 g/mol. The van der Waals surface area contributed by atoms with Crippen molar-refractivity contribution >= 4 is 40.0 Å². The highest BCUT2D eigenvalue weighted by atomic mass is 32.2. The molecule has 5 nitrogen and oxygen atoms in total. The number of amides is 1. The van der Waals surface area contributed by atoms with Gasteiger partial charge in [0.1, 0.15) is 10.7 Å². The van der Waals surface area contributed by atoms with Gasteiger partial charge >= 0.3 is 0 Å². The molecule has 7 heteroatoms. The molecule has 2 rings (SSSR count). The quantitative estimate of drug-likeness (QED) is 0.792. The van der Waals surface area contributed by atoms with E-state index in [1.54, 1.807) is 0 Å². The predicted octanol–water partition coefficient (Wildman–Crippen LogP) is 2.95. The average Bonchev–Trinajstić information content (AvgIpc) is 2.92. The number of aromatic nitrogens is 1. The lowest BCUT2D eigenvalue weighted by Crippen LogP contribution is -2.36. The summed E-state index contributed by atoms with van der Waals surface area (Å²) in [5, 5.41) is 6.93. The van der Waals surface area contributed by atoms with Crippen molar-refractivity contribution < 1.29 is 4.79 Å². The van der Waals surface area contributed by atoms with Crippen molar-refractivity contribution in [2.24, 2.45) is 0 Å². The minimum atomic E-state index is -0.124. The Bertz CT molecular complexity index is 516. The van der Waals surface area contributed by atoms with Crippen molar-refractivity contribution in [1.29, 1.82) is 0 Å². The third-order valence-corrected chi connectivity index (χ3v) is 5.79. The smallest absolute Gasteiger partial charge is 0.265 e. The topological polar surface area (TPSA) is 80.0 Å². The van der Waals surface area contributed by atoms with E-state index in [9.17, 15) is 4.79 Å². The average molecular weight is 329 g/mol. The van der Waals surface area contributed by atoms with Crippen LogP contribution in [0.5, 0.6) is 0 Å². The van der Waals surface area contributed by atoms with Crippen LogP contribution in [0.15, 0.2) is 0 Å². The molecule has 1 aromatic heterocycles. The van der Waals surface area contributed by atoms with E-state index in [0.717, 1.165) is 6.42 Å². The normalized spacial score (nSPS) is 22.3. The molecule has 1 aliphatic rings. The van der Waals surface area contributed by atoms with Crippen LogP contribution >= 0.6 is 23.1 Å². The van der Waals surface area contributed by atoms with E-state index >= 15 is 0 Å². The van der Waals surface area contributed by atoms with Crippen LogP contribution in [0.3, 0.4) is 0 Å². The van der Waals surface area contributed by atoms with E-state index in [2.05, 4.69) is 22.5 Å². The molecule has 1 aromatic rings. The second-order valence-electron chi connectivity index (χ2n) is 6.69. The molecular weight excluding hydrogens is 304 g/mol. The zero-order valence-corrected chi connectivity index (χ0v) is 14.7. The second kappa shape index (κ2) is 6.04. The van der Waals surface area contributed by atoms with Crippen molar-refractivity contribution in [2.45, 2.75) is 50.8 Å². The summed E-state index contributed by atoms with van der Waals surface area (Å²) >= 11 is 3.24. The van der Waals surface area contributed by atoms with E-state index in [1.165, 1.54) is 23.5 Å². The molecule has 0 bridgehead atoms. The Morgan fingerprint density at radius 1 is 1.48 bits per heavy atom. The molecule has 1 unspecified atom stereocenters. The van der Waals surface area contributed by atoms with Crippen LogP contribution in [0.2, 0.25) is 0 Å². The van der Waals surface area contributed by atoms with Gasteiger partial charge in [-0.3, -0.25) is 4.79 Å². The first-order valence-corrected chi connectivity index (χ1v) is 8.95. The molecule has 0 aliphatic carbocycles. The Morgan fingerprint density at radius 2 is 2.19 bits per heavy atom. The summed E-state index contributed by atoms with van der Waals surface area (Å²) in [5.41, 5.74) is 5.77. The summed E-state index contributed by atoms with van der Waals surface area (Å²) < 4.78 is 0.154. The summed E-state index contributed by atoms with van der Waals surface area (Å²) in [6.45, 7) is 9.01. The van der Waals surface area contributed by atoms with Gasteiger partial charge in [-0.25, -0.2) is 4.98 Å². The van der Waals surface area contributed by atoms with Crippen LogP contribution in [0, 0.1) is 0 Å². The molecule has 0 aromatic carbocycles. The number of hydrogen-bond donors (Lipinski definition) is 3. The third kappa shape index (κ3) is 4.51. The van der Waals surface area contributed by atoms with Gasteiger partial charge in [0.05, 0.1) is 0 Å². The van der Waals surface area contributed by atoms with Crippen LogP contribution < -0.4 is 16.4 Å². The Kier molecular flexibility index (Phi) is 4.72. The molecule has 1 atom stereocenters.